The Morgan fingerprint density at radius 2 is 1.68 bits per heavy atom. The van der Waals surface area contributed by atoms with Crippen molar-refractivity contribution < 1.29 is 9.47 Å². The van der Waals surface area contributed by atoms with Gasteiger partial charge in [-0.2, -0.15) is 0 Å². The van der Waals surface area contributed by atoms with Gasteiger partial charge in [0.05, 0.1) is 6.10 Å². The van der Waals surface area contributed by atoms with Gasteiger partial charge >= 0.3 is 0 Å². The quantitative estimate of drug-likeness (QED) is 0.908. The first-order chi connectivity index (χ1) is 8.89. The molecule has 0 saturated carbocycles. The average molecular weight is 263 g/mol. The molecule has 2 N–H and O–H groups in total. The van der Waals surface area contributed by atoms with Crippen molar-refractivity contribution in [1.82, 2.24) is 0 Å². The number of hydrogen-bond donors (Lipinski definition) is 1. The van der Waals surface area contributed by atoms with Crippen molar-refractivity contribution in [3.05, 3.63) is 35.9 Å². The Kier molecular flexibility index (Phi) is 4.29. The molecule has 1 aliphatic heterocycles. The Morgan fingerprint density at radius 1 is 1.11 bits per heavy atom. The van der Waals surface area contributed by atoms with Crippen LogP contribution < -0.4 is 5.73 Å². The fourth-order valence-electron chi connectivity index (χ4n) is 2.67. The summed E-state index contributed by atoms with van der Waals surface area (Å²) in [5.74, 6) is -0.137. The molecule has 3 atom stereocenters. The molecule has 0 unspecified atom stereocenters. The van der Waals surface area contributed by atoms with Gasteiger partial charge in [0.2, 0.25) is 0 Å². The summed E-state index contributed by atoms with van der Waals surface area (Å²) >= 11 is 0. The lowest BCUT2D eigenvalue weighted by Crippen LogP contribution is -2.44. The van der Waals surface area contributed by atoms with E-state index in [0.29, 0.717) is 5.92 Å². The zero-order chi connectivity index (χ0) is 14.0. The molecule has 0 spiro atoms. The topological polar surface area (TPSA) is 44.5 Å². The van der Waals surface area contributed by atoms with Crippen LogP contribution in [0.15, 0.2) is 30.3 Å². The van der Waals surface area contributed by atoms with Crippen LogP contribution in [0.3, 0.4) is 0 Å². The van der Waals surface area contributed by atoms with Gasteiger partial charge < -0.3 is 15.2 Å². The first-order valence-electron chi connectivity index (χ1n) is 7.04. The van der Waals surface area contributed by atoms with Crippen molar-refractivity contribution in [3.8, 4) is 0 Å². The zero-order valence-corrected chi connectivity index (χ0v) is 12.3. The predicted octanol–water partition coefficient (Wildman–Crippen LogP) is 2.73. The van der Waals surface area contributed by atoms with Crippen LogP contribution in [0, 0.1) is 5.92 Å². The van der Waals surface area contributed by atoms with Crippen LogP contribution in [0.2, 0.25) is 0 Å². The van der Waals surface area contributed by atoms with E-state index in [1.807, 2.05) is 32.0 Å². The van der Waals surface area contributed by atoms with E-state index >= 15 is 0 Å². The summed E-state index contributed by atoms with van der Waals surface area (Å²) in [5, 5.41) is 0. The average Bonchev–Trinajstić information content (AvgIpc) is 2.67. The van der Waals surface area contributed by atoms with Crippen molar-refractivity contribution in [1.29, 1.82) is 0 Å². The monoisotopic (exact) mass is 263 g/mol. The SMILES string of the molecule is CC(C)[C@@H]1OC(C)(C)O[C@H]1[C@H](N)Cc1ccccc1. The fraction of sp³-hybridized carbons (Fsp3) is 0.625. The highest BCUT2D eigenvalue weighted by Crippen LogP contribution is 2.33. The van der Waals surface area contributed by atoms with Crippen LogP contribution in [-0.4, -0.2) is 24.0 Å². The third-order valence-electron chi connectivity index (χ3n) is 3.56. The standard InChI is InChI=1S/C16H25NO2/c1-11(2)14-15(19-16(3,4)18-14)13(17)10-12-8-6-5-7-9-12/h5-9,11,13-15H,10,17H2,1-4H3/t13-,14+,15+/m1/s1. The summed E-state index contributed by atoms with van der Waals surface area (Å²) in [6.45, 7) is 8.21. The Morgan fingerprint density at radius 3 is 2.26 bits per heavy atom. The van der Waals surface area contributed by atoms with Crippen LogP contribution in [0.1, 0.15) is 33.3 Å². The summed E-state index contributed by atoms with van der Waals surface area (Å²) in [6, 6.07) is 10.3. The van der Waals surface area contributed by atoms with E-state index < -0.39 is 5.79 Å². The highest BCUT2D eigenvalue weighted by atomic mass is 16.8. The summed E-state index contributed by atoms with van der Waals surface area (Å²) in [6.07, 6.45) is 0.831. The second-order valence-corrected chi connectivity index (χ2v) is 6.16. The van der Waals surface area contributed by atoms with Crippen LogP contribution in [0.25, 0.3) is 0 Å². The Labute approximate surface area is 116 Å². The van der Waals surface area contributed by atoms with E-state index in [9.17, 15) is 0 Å². The predicted molar refractivity (Wildman–Crippen MR) is 76.8 cm³/mol. The van der Waals surface area contributed by atoms with Gasteiger partial charge in [0.25, 0.3) is 0 Å². The van der Waals surface area contributed by atoms with E-state index in [4.69, 9.17) is 15.2 Å². The second kappa shape index (κ2) is 5.61. The minimum atomic E-state index is -0.534. The summed E-state index contributed by atoms with van der Waals surface area (Å²) in [7, 11) is 0. The van der Waals surface area contributed by atoms with Gasteiger partial charge in [0.1, 0.15) is 6.10 Å². The molecule has 3 heteroatoms. The molecule has 1 aromatic rings. The third-order valence-corrected chi connectivity index (χ3v) is 3.56. The Hall–Kier alpha value is -0.900. The maximum atomic E-state index is 6.36. The molecule has 1 aromatic carbocycles. The lowest BCUT2D eigenvalue weighted by molar-refractivity contribution is -0.150. The Bertz CT molecular complexity index is 402. The number of benzene rings is 1. The van der Waals surface area contributed by atoms with E-state index in [-0.39, 0.29) is 18.2 Å². The molecule has 0 radical (unpaired) electrons. The van der Waals surface area contributed by atoms with E-state index in [0.717, 1.165) is 6.42 Å². The highest BCUT2D eigenvalue weighted by molar-refractivity contribution is 5.16. The summed E-state index contributed by atoms with van der Waals surface area (Å²) < 4.78 is 12.0. The smallest absolute Gasteiger partial charge is 0.163 e. The van der Waals surface area contributed by atoms with Crippen LogP contribution in [0.5, 0.6) is 0 Å². The first kappa shape index (κ1) is 14.5. The van der Waals surface area contributed by atoms with E-state index in [1.54, 1.807) is 0 Å². The number of rotatable bonds is 4. The van der Waals surface area contributed by atoms with E-state index in [1.165, 1.54) is 5.56 Å². The van der Waals surface area contributed by atoms with Gasteiger partial charge in [-0.15, -0.1) is 0 Å². The second-order valence-electron chi connectivity index (χ2n) is 6.16. The molecule has 2 rings (SSSR count). The third kappa shape index (κ3) is 3.56. The number of nitrogens with two attached hydrogens (primary N) is 1. The molecule has 19 heavy (non-hydrogen) atoms. The molecular weight excluding hydrogens is 238 g/mol. The van der Waals surface area contributed by atoms with Crippen LogP contribution in [-0.2, 0) is 15.9 Å². The van der Waals surface area contributed by atoms with Crippen molar-refractivity contribution in [2.75, 3.05) is 0 Å². The lowest BCUT2D eigenvalue weighted by Gasteiger charge is -2.25. The molecule has 1 aliphatic rings. The fourth-order valence-corrected chi connectivity index (χ4v) is 2.67. The minimum Gasteiger partial charge on any atom is -0.344 e. The first-order valence-corrected chi connectivity index (χ1v) is 7.04. The van der Waals surface area contributed by atoms with Gasteiger partial charge in [-0.25, -0.2) is 0 Å². The van der Waals surface area contributed by atoms with E-state index in [2.05, 4.69) is 26.0 Å². The number of hydrogen-bond acceptors (Lipinski definition) is 3. The van der Waals surface area contributed by atoms with Crippen LogP contribution >= 0.6 is 0 Å². The normalized spacial score (nSPS) is 27.7. The molecular formula is C16H25NO2. The van der Waals surface area contributed by atoms with Gasteiger partial charge in [-0.3, -0.25) is 0 Å². The maximum Gasteiger partial charge on any atom is 0.163 e. The molecule has 3 nitrogen and oxygen atoms in total. The van der Waals surface area contributed by atoms with Crippen LogP contribution in [0.4, 0.5) is 0 Å². The van der Waals surface area contributed by atoms with Gasteiger partial charge in [-0.05, 0) is 31.7 Å². The summed E-state index contributed by atoms with van der Waals surface area (Å²) in [4.78, 5) is 0. The molecule has 0 amide bonds. The minimum absolute atomic E-state index is 0.0448. The molecule has 1 heterocycles. The van der Waals surface area contributed by atoms with Gasteiger partial charge in [0, 0.05) is 6.04 Å². The zero-order valence-electron chi connectivity index (χ0n) is 12.3. The molecule has 0 bridgehead atoms. The van der Waals surface area contributed by atoms with Crippen molar-refractivity contribution in [3.63, 3.8) is 0 Å². The lowest BCUT2D eigenvalue weighted by atomic mass is 9.93. The molecule has 0 aliphatic carbocycles. The molecule has 0 aromatic heterocycles. The molecule has 106 valence electrons. The van der Waals surface area contributed by atoms with Gasteiger partial charge in [0.15, 0.2) is 5.79 Å². The summed E-state index contributed by atoms with van der Waals surface area (Å²) in [5.41, 5.74) is 7.60. The van der Waals surface area contributed by atoms with Gasteiger partial charge in [-0.1, -0.05) is 44.2 Å². The maximum absolute atomic E-state index is 6.36. The van der Waals surface area contributed by atoms with Crippen molar-refractivity contribution in [2.24, 2.45) is 11.7 Å². The highest BCUT2D eigenvalue weighted by Gasteiger charge is 2.45. The molecule has 1 fully saturated rings. The largest absolute Gasteiger partial charge is 0.344 e. The van der Waals surface area contributed by atoms with Crippen molar-refractivity contribution in [2.45, 2.75) is 58.2 Å². The van der Waals surface area contributed by atoms with Crippen molar-refractivity contribution >= 4 is 0 Å². The molecule has 1 saturated heterocycles. The Balaban J connectivity index is 2.07. The number of ether oxygens (including phenoxy) is 2.